The van der Waals surface area contributed by atoms with E-state index in [1.54, 1.807) is 0 Å². The van der Waals surface area contributed by atoms with Gasteiger partial charge in [0.15, 0.2) is 0 Å². The molecule has 1 aromatic heterocycles. The number of aromatic nitrogens is 1. The second-order valence-corrected chi connectivity index (χ2v) is 2.69. The molecule has 1 N–H and O–H groups in total. The largest absolute Gasteiger partial charge is 1.00 e. The van der Waals surface area contributed by atoms with Gasteiger partial charge in [-0.05, 0) is 25.1 Å². The highest BCUT2D eigenvalue weighted by Gasteiger charge is 2.16. The molecular formula is C8H12N2+. The van der Waals surface area contributed by atoms with Crippen LogP contribution in [0.3, 0.4) is 0 Å². The first-order valence-electron chi connectivity index (χ1n) is 3.57. The molecule has 0 aliphatic carbocycles. The molecule has 1 aromatic rings. The zero-order chi connectivity index (χ0) is 6.97. The first-order chi connectivity index (χ1) is 4.90. The molecule has 2 heteroatoms. The number of aromatic amines is 1. The number of nitrogens with one attached hydrogen (secondary N) is 1. The summed E-state index contributed by atoms with van der Waals surface area (Å²) in [5.74, 6) is 0. The predicted octanol–water partition coefficient (Wildman–Crippen LogP) is 1.28. The van der Waals surface area contributed by atoms with Crippen LogP contribution in [0.4, 0.5) is 0 Å². The minimum atomic E-state index is 0. The lowest BCUT2D eigenvalue weighted by atomic mass is 10.3. The lowest BCUT2D eigenvalue weighted by Gasteiger charge is -2.09. The van der Waals surface area contributed by atoms with Crippen molar-refractivity contribution in [2.75, 3.05) is 6.54 Å². The molecule has 0 fully saturated rings. The highest BCUT2D eigenvalue weighted by molar-refractivity contribution is 5.24. The Hall–Kier alpha value is -0.760. The molecule has 1 radical (unpaired) electrons. The van der Waals surface area contributed by atoms with Gasteiger partial charge in [-0.25, -0.2) is 0 Å². The molecule has 0 saturated heterocycles. The van der Waals surface area contributed by atoms with E-state index in [0.29, 0.717) is 0 Å². The Kier molecular flexibility index (Phi) is 1.27. The maximum Gasteiger partial charge on any atom is 1.00 e. The highest BCUT2D eigenvalue weighted by Crippen LogP contribution is 2.19. The van der Waals surface area contributed by atoms with Crippen molar-refractivity contribution in [1.29, 1.82) is 0 Å². The predicted molar refractivity (Wildman–Crippen MR) is 41.4 cm³/mol. The molecule has 0 amide bonds. The summed E-state index contributed by atoms with van der Waals surface area (Å²) in [6, 6.07) is 2.14. The van der Waals surface area contributed by atoms with Crippen molar-refractivity contribution in [3.05, 3.63) is 30.4 Å². The van der Waals surface area contributed by atoms with Gasteiger partial charge >= 0.3 is 1.43 Å². The molecule has 1 aliphatic rings. The van der Waals surface area contributed by atoms with E-state index >= 15 is 0 Å². The van der Waals surface area contributed by atoms with E-state index in [2.05, 4.69) is 22.9 Å². The van der Waals surface area contributed by atoms with Gasteiger partial charge in [-0.2, -0.15) is 0 Å². The van der Waals surface area contributed by atoms with Gasteiger partial charge in [-0.3, -0.25) is 4.90 Å². The van der Waals surface area contributed by atoms with E-state index in [0.717, 1.165) is 19.6 Å². The lowest BCUT2D eigenvalue weighted by molar-refractivity contribution is 0.313. The van der Waals surface area contributed by atoms with Gasteiger partial charge in [0.25, 0.3) is 0 Å². The maximum atomic E-state index is 3.84. The number of hydrogen-bond acceptors (Lipinski definition) is 1. The Morgan fingerprint density at radius 3 is 3.30 bits per heavy atom. The van der Waals surface area contributed by atoms with Crippen LogP contribution in [0.2, 0.25) is 0 Å². The molecule has 53 valence electrons. The Morgan fingerprint density at radius 1 is 1.70 bits per heavy atom. The fourth-order valence-corrected chi connectivity index (χ4v) is 1.41. The Labute approximate surface area is 62.3 Å². The third-order valence-corrected chi connectivity index (χ3v) is 2.02. The minimum absolute atomic E-state index is 0. The summed E-state index contributed by atoms with van der Waals surface area (Å²) >= 11 is 0. The van der Waals surface area contributed by atoms with Crippen LogP contribution in [0.25, 0.3) is 0 Å². The highest BCUT2D eigenvalue weighted by atomic mass is 15.1. The number of hydrogen-bond donors (Lipinski definition) is 1. The van der Waals surface area contributed by atoms with Crippen molar-refractivity contribution in [1.82, 2.24) is 9.88 Å². The van der Waals surface area contributed by atoms with Gasteiger partial charge in [0.05, 0.1) is 0 Å². The van der Waals surface area contributed by atoms with Gasteiger partial charge < -0.3 is 4.98 Å². The Bertz CT molecular complexity index is 211. The van der Waals surface area contributed by atoms with E-state index in [4.69, 9.17) is 0 Å². The van der Waals surface area contributed by atoms with E-state index in [1.165, 1.54) is 11.3 Å². The van der Waals surface area contributed by atoms with E-state index in [9.17, 15) is 0 Å². The monoisotopic (exact) mass is 136 g/mol. The van der Waals surface area contributed by atoms with Crippen LogP contribution in [-0.4, -0.2) is 16.4 Å². The number of fused-ring (bicyclic) bond motifs is 1. The third-order valence-electron chi connectivity index (χ3n) is 2.02. The van der Waals surface area contributed by atoms with Crippen molar-refractivity contribution in [3.63, 3.8) is 0 Å². The molecule has 1 aliphatic heterocycles. The normalized spacial score (nSPS) is 17.7. The van der Waals surface area contributed by atoms with Crippen LogP contribution in [0, 0.1) is 6.92 Å². The van der Waals surface area contributed by atoms with Gasteiger partial charge in [0.2, 0.25) is 0 Å². The fraction of sp³-hybridized carbons (Fsp3) is 0.375. The first kappa shape index (κ1) is 5.98. The molecule has 2 heterocycles. The molecule has 2 rings (SSSR count). The second kappa shape index (κ2) is 2.13. The summed E-state index contributed by atoms with van der Waals surface area (Å²) in [6.07, 6.45) is 2.01. The van der Waals surface area contributed by atoms with Gasteiger partial charge in [0.1, 0.15) is 0 Å². The quantitative estimate of drug-likeness (QED) is 0.616. The first-order valence-corrected chi connectivity index (χ1v) is 3.57. The summed E-state index contributed by atoms with van der Waals surface area (Å²) < 4.78 is 0. The van der Waals surface area contributed by atoms with Crippen LogP contribution in [0.5, 0.6) is 0 Å². The van der Waals surface area contributed by atoms with Crippen molar-refractivity contribution in [2.45, 2.75) is 13.1 Å². The topological polar surface area (TPSA) is 19.0 Å². The van der Waals surface area contributed by atoms with Crippen molar-refractivity contribution < 1.29 is 1.43 Å². The molecule has 0 atom stereocenters. The van der Waals surface area contributed by atoms with Crippen LogP contribution in [0.15, 0.2) is 12.3 Å². The zero-order valence-corrected chi connectivity index (χ0v) is 5.93. The second-order valence-electron chi connectivity index (χ2n) is 2.69. The molecule has 0 unspecified atom stereocenters. The van der Waals surface area contributed by atoms with Gasteiger partial charge in [0, 0.05) is 25.0 Å². The SMILES string of the molecule is [CH2]CN1Cc2cc[nH]c2C1.[H+]. The minimum Gasteiger partial charge on any atom is -0.364 e. The smallest absolute Gasteiger partial charge is 0.364 e. The maximum absolute atomic E-state index is 3.84. The molecule has 0 spiro atoms. The lowest BCUT2D eigenvalue weighted by Crippen LogP contribution is -2.15. The Balaban J connectivity index is 0.000000605. The molecule has 2 nitrogen and oxygen atoms in total. The molecular weight excluding hydrogens is 124 g/mol. The third kappa shape index (κ3) is 0.762. The van der Waals surface area contributed by atoms with Crippen LogP contribution in [0.1, 0.15) is 12.7 Å². The van der Waals surface area contributed by atoms with Crippen LogP contribution in [-0.2, 0) is 13.1 Å². The van der Waals surface area contributed by atoms with Crippen molar-refractivity contribution in [3.8, 4) is 0 Å². The van der Waals surface area contributed by atoms with Crippen LogP contribution >= 0.6 is 0 Å². The number of nitrogens with zero attached hydrogens (tertiary/aromatic N) is 1. The number of rotatable bonds is 1. The van der Waals surface area contributed by atoms with Crippen molar-refractivity contribution in [2.24, 2.45) is 0 Å². The zero-order valence-electron chi connectivity index (χ0n) is 6.93. The fourth-order valence-electron chi connectivity index (χ4n) is 1.41. The average molecular weight is 136 g/mol. The number of H-pyrrole nitrogens is 1. The summed E-state index contributed by atoms with van der Waals surface area (Å²) in [4.78, 5) is 5.52. The summed E-state index contributed by atoms with van der Waals surface area (Å²) in [7, 11) is 0. The summed E-state index contributed by atoms with van der Waals surface area (Å²) in [5.41, 5.74) is 2.80. The Morgan fingerprint density at radius 2 is 2.60 bits per heavy atom. The molecule has 0 bridgehead atoms. The standard InChI is InChI=1S/C8H11N2/c1-2-10-5-7-3-4-9-8(7)6-10/h3-4,9H,1-2,5-6H2/p+1. The van der Waals surface area contributed by atoms with E-state index in [1.807, 2.05) is 6.20 Å². The summed E-state index contributed by atoms with van der Waals surface area (Å²) in [6.45, 7) is 6.87. The molecule has 10 heavy (non-hydrogen) atoms. The summed E-state index contributed by atoms with van der Waals surface area (Å²) in [5, 5.41) is 0. The average Bonchev–Trinajstić information content (AvgIpc) is 2.42. The van der Waals surface area contributed by atoms with E-state index < -0.39 is 0 Å². The van der Waals surface area contributed by atoms with Crippen molar-refractivity contribution >= 4 is 0 Å². The molecule has 0 saturated carbocycles. The molecule has 0 aromatic carbocycles. The van der Waals surface area contributed by atoms with Gasteiger partial charge in [-0.15, -0.1) is 0 Å². The van der Waals surface area contributed by atoms with Crippen LogP contribution < -0.4 is 0 Å². The van der Waals surface area contributed by atoms with Gasteiger partial charge in [-0.1, -0.05) is 0 Å². The van der Waals surface area contributed by atoms with E-state index in [-0.39, 0.29) is 1.43 Å².